The quantitative estimate of drug-likeness (QED) is 0.138. The Hall–Kier alpha value is -8.72. The van der Waals surface area contributed by atoms with Gasteiger partial charge in [-0.3, -0.25) is 0 Å². The van der Waals surface area contributed by atoms with Crippen molar-refractivity contribution in [3.05, 3.63) is 253 Å². The van der Waals surface area contributed by atoms with Crippen molar-refractivity contribution in [3.8, 4) is 50.2 Å². The van der Waals surface area contributed by atoms with E-state index >= 15 is 0 Å². The third kappa shape index (κ3) is 8.52. The monoisotopic (exact) mass is 1010 g/mol. The van der Waals surface area contributed by atoms with E-state index in [1.807, 2.05) is 0 Å². The van der Waals surface area contributed by atoms with Crippen LogP contribution in [0.4, 0.5) is 17.1 Å². The highest BCUT2D eigenvalue weighted by molar-refractivity contribution is 6.27. The number of nitrogens with zero attached hydrogens (tertiary/aromatic N) is 2. The highest BCUT2D eigenvalue weighted by Crippen LogP contribution is 2.48. The summed E-state index contributed by atoms with van der Waals surface area (Å²) in [4.78, 5) is 2.53. The van der Waals surface area contributed by atoms with Gasteiger partial charge >= 0.3 is 0 Å². The standard InChI is InChI=1S/C76H66N2/c1-74(2,3)57-35-25-49(26-36-57)55-45-56(50-27-37-58(38-28-50)75(4,5)6)48-61(47-55)77(60-18-16-17-54(46-60)63-20-11-10-19-62(63)51-29-39-59(40-30-51)76(7,8)9)70-43-33-52-32-42-67-71(44-34-53-31-41-66(70)72(52)73(53)67)78-68-23-14-12-21-64(68)65-22-13-15-24-69(65)78/h10-48H,1-9H3. The smallest absolute Gasteiger partial charge is 0.0541 e. The zero-order valence-electron chi connectivity index (χ0n) is 46.4. The number of aromatic nitrogens is 1. The van der Waals surface area contributed by atoms with Gasteiger partial charge < -0.3 is 9.47 Å². The van der Waals surface area contributed by atoms with Gasteiger partial charge in [-0.15, -0.1) is 0 Å². The number of benzene rings is 12. The number of hydrogen-bond acceptors (Lipinski definition) is 1. The molecule has 2 heteroatoms. The van der Waals surface area contributed by atoms with Crippen LogP contribution >= 0.6 is 0 Å². The number of anilines is 3. The van der Waals surface area contributed by atoms with Crippen molar-refractivity contribution in [2.24, 2.45) is 0 Å². The molecule has 0 N–H and O–H groups in total. The Morgan fingerprint density at radius 2 is 0.731 bits per heavy atom. The minimum Gasteiger partial charge on any atom is -0.310 e. The first kappa shape index (κ1) is 48.9. The van der Waals surface area contributed by atoms with Gasteiger partial charge in [0.25, 0.3) is 0 Å². The molecule has 380 valence electrons. The molecule has 0 amide bonds. The van der Waals surface area contributed by atoms with E-state index in [0.717, 1.165) is 22.6 Å². The van der Waals surface area contributed by atoms with Crippen LogP contribution in [-0.4, -0.2) is 4.57 Å². The van der Waals surface area contributed by atoms with Crippen LogP contribution < -0.4 is 4.90 Å². The largest absolute Gasteiger partial charge is 0.310 e. The van der Waals surface area contributed by atoms with E-state index < -0.39 is 0 Å². The average molecular weight is 1010 g/mol. The van der Waals surface area contributed by atoms with Crippen molar-refractivity contribution in [2.45, 2.75) is 78.6 Å². The molecule has 0 saturated heterocycles. The third-order valence-electron chi connectivity index (χ3n) is 16.4. The SMILES string of the molecule is CC(C)(C)c1ccc(-c2cc(-c3ccc(C(C)(C)C)cc3)cc(N(c3cccc(-c4ccccc4-c4ccc(C(C)(C)C)cc4)c3)c3ccc4ccc5c(-n6c7ccccc7c7ccccc76)ccc6ccc3c4c65)c2)cc1. The minimum atomic E-state index is 0.0376. The van der Waals surface area contributed by atoms with E-state index in [1.165, 1.54) is 115 Å². The molecule has 0 aliphatic rings. The molecule has 0 saturated carbocycles. The summed E-state index contributed by atoms with van der Waals surface area (Å²) < 4.78 is 2.47. The van der Waals surface area contributed by atoms with Gasteiger partial charge in [0, 0.05) is 32.9 Å². The second-order valence-corrected chi connectivity index (χ2v) is 24.6. The summed E-state index contributed by atoms with van der Waals surface area (Å²) in [7, 11) is 0. The van der Waals surface area contributed by atoms with E-state index in [-0.39, 0.29) is 16.2 Å². The van der Waals surface area contributed by atoms with Crippen LogP contribution in [0, 0.1) is 0 Å². The van der Waals surface area contributed by atoms with Gasteiger partial charge in [0.05, 0.1) is 22.4 Å². The average Bonchev–Trinajstić information content (AvgIpc) is 3.99. The summed E-state index contributed by atoms with van der Waals surface area (Å²) in [5.74, 6) is 0. The lowest BCUT2D eigenvalue weighted by Crippen LogP contribution is -2.12. The van der Waals surface area contributed by atoms with Crippen LogP contribution in [0.5, 0.6) is 0 Å². The van der Waals surface area contributed by atoms with E-state index in [4.69, 9.17) is 0 Å². The molecule has 0 fully saturated rings. The maximum absolute atomic E-state index is 2.53. The third-order valence-corrected chi connectivity index (χ3v) is 16.4. The van der Waals surface area contributed by atoms with Crippen LogP contribution in [-0.2, 0) is 16.2 Å². The van der Waals surface area contributed by atoms with Crippen molar-refractivity contribution in [1.29, 1.82) is 0 Å². The number of para-hydroxylation sites is 2. The van der Waals surface area contributed by atoms with Crippen molar-refractivity contribution in [2.75, 3.05) is 4.90 Å². The summed E-state index contributed by atoms with van der Waals surface area (Å²) >= 11 is 0. The molecule has 2 nitrogen and oxygen atoms in total. The molecule has 0 atom stereocenters. The lowest BCUT2D eigenvalue weighted by Gasteiger charge is -2.29. The molecule has 0 spiro atoms. The molecule has 0 bridgehead atoms. The van der Waals surface area contributed by atoms with Crippen LogP contribution in [0.1, 0.15) is 79.0 Å². The summed E-state index contributed by atoms with van der Waals surface area (Å²) in [5.41, 5.74) is 20.5. The topological polar surface area (TPSA) is 8.17 Å². The Balaban J connectivity index is 1.06. The second kappa shape index (κ2) is 18.5. The first-order valence-corrected chi connectivity index (χ1v) is 27.7. The highest BCUT2D eigenvalue weighted by atomic mass is 15.1. The van der Waals surface area contributed by atoms with E-state index in [1.54, 1.807) is 0 Å². The molecular weight excluding hydrogens is 941 g/mol. The van der Waals surface area contributed by atoms with Crippen LogP contribution in [0.3, 0.4) is 0 Å². The Bertz CT molecular complexity index is 4270. The fraction of sp³-hybridized carbons (Fsp3) is 0.158. The van der Waals surface area contributed by atoms with Crippen molar-refractivity contribution >= 4 is 71.2 Å². The van der Waals surface area contributed by atoms with Crippen LogP contribution in [0.25, 0.3) is 104 Å². The van der Waals surface area contributed by atoms with E-state index in [0.29, 0.717) is 0 Å². The zero-order valence-corrected chi connectivity index (χ0v) is 46.4. The van der Waals surface area contributed by atoms with Gasteiger partial charge in [-0.2, -0.15) is 0 Å². The lowest BCUT2D eigenvalue weighted by atomic mass is 9.85. The summed E-state index contributed by atoms with van der Waals surface area (Å²) in [6, 6.07) is 89.4. The Kier molecular flexibility index (Phi) is 11.6. The molecule has 13 rings (SSSR count). The van der Waals surface area contributed by atoms with Gasteiger partial charge in [-0.25, -0.2) is 0 Å². The maximum Gasteiger partial charge on any atom is 0.0541 e. The minimum absolute atomic E-state index is 0.0376. The van der Waals surface area contributed by atoms with Gasteiger partial charge in [-0.1, -0.05) is 244 Å². The molecule has 0 aliphatic carbocycles. The molecule has 78 heavy (non-hydrogen) atoms. The van der Waals surface area contributed by atoms with Gasteiger partial charge in [0.15, 0.2) is 0 Å². The molecule has 0 radical (unpaired) electrons. The molecule has 1 aromatic heterocycles. The van der Waals surface area contributed by atoms with E-state index in [9.17, 15) is 0 Å². The normalized spacial score (nSPS) is 12.4. The fourth-order valence-electron chi connectivity index (χ4n) is 12.1. The van der Waals surface area contributed by atoms with Crippen LogP contribution in [0.15, 0.2) is 237 Å². The number of fused-ring (bicyclic) bond motifs is 3. The molecule has 12 aromatic carbocycles. The van der Waals surface area contributed by atoms with Crippen molar-refractivity contribution < 1.29 is 0 Å². The van der Waals surface area contributed by atoms with Gasteiger partial charge in [0.1, 0.15) is 0 Å². The predicted molar refractivity (Wildman–Crippen MR) is 337 cm³/mol. The first-order chi connectivity index (χ1) is 37.6. The Morgan fingerprint density at radius 3 is 1.27 bits per heavy atom. The summed E-state index contributed by atoms with van der Waals surface area (Å²) in [5, 5.41) is 9.95. The molecule has 13 aromatic rings. The first-order valence-electron chi connectivity index (χ1n) is 27.7. The van der Waals surface area contributed by atoms with Crippen molar-refractivity contribution in [1.82, 2.24) is 4.57 Å². The summed E-state index contributed by atoms with van der Waals surface area (Å²) in [6.45, 7) is 20.6. The van der Waals surface area contributed by atoms with Crippen molar-refractivity contribution in [3.63, 3.8) is 0 Å². The maximum atomic E-state index is 2.53. The van der Waals surface area contributed by atoms with Crippen LogP contribution in [0.2, 0.25) is 0 Å². The molecule has 0 unspecified atom stereocenters. The highest BCUT2D eigenvalue weighted by Gasteiger charge is 2.24. The van der Waals surface area contributed by atoms with Gasteiger partial charge in [0.2, 0.25) is 0 Å². The lowest BCUT2D eigenvalue weighted by molar-refractivity contribution is 0.590. The zero-order chi connectivity index (χ0) is 53.7. The predicted octanol–water partition coefficient (Wildman–Crippen LogP) is 21.7. The summed E-state index contributed by atoms with van der Waals surface area (Å²) in [6.07, 6.45) is 0. The van der Waals surface area contributed by atoms with Gasteiger partial charge in [-0.05, 0) is 154 Å². The molecule has 0 aliphatic heterocycles. The molecular formula is C76H66N2. The number of hydrogen-bond donors (Lipinski definition) is 0. The van der Waals surface area contributed by atoms with E-state index in [2.05, 4.69) is 308 Å². The second-order valence-electron chi connectivity index (χ2n) is 24.6. The number of rotatable bonds is 8. The molecule has 1 heterocycles. The fourth-order valence-corrected chi connectivity index (χ4v) is 12.1. The Labute approximate surface area is 460 Å². The Morgan fingerprint density at radius 1 is 0.295 bits per heavy atom.